The normalized spacial score (nSPS) is 10.5. The van der Waals surface area contributed by atoms with Crippen molar-refractivity contribution in [1.82, 2.24) is 0 Å². The van der Waals surface area contributed by atoms with Crippen molar-refractivity contribution in [3.8, 4) is 11.1 Å². The van der Waals surface area contributed by atoms with Gasteiger partial charge in [0.15, 0.2) is 0 Å². The first-order chi connectivity index (χ1) is 9.74. The zero-order chi connectivity index (χ0) is 16.0. The third-order valence-corrected chi connectivity index (χ3v) is 3.26. The van der Waals surface area contributed by atoms with Crippen molar-refractivity contribution in [2.24, 2.45) is 0 Å². The van der Waals surface area contributed by atoms with Crippen LogP contribution in [0.1, 0.15) is 16.7 Å². The van der Waals surface area contributed by atoms with E-state index >= 15 is 0 Å². The Labute approximate surface area is 126 Å². The molecule has 0 N–H and O–H groups in total. The molecule has 21 heavy (non-hydrogen) atoms. The van der Waals surface area contributed by atoms with Crippen LogP contribution in [0, 0.1) is 20.8 Å². The molecule has 0 fully saturated rings. The zero-order valence-electron chi connectivity index (χ0n) is 12.8. The minimum Gasteiger partial charge on any atom is -0.285 e. The van der Waals surface area contributed by atoms with Gasteiger partial charge in [0.25, 0.3) is 0 Å². The van der Waals surface area contributed by atoms with Crippen molar-refractivity contribution >= 4 is 15.5 Å². The predicted molar refractivity (Wildman–Crippen MR) is 87.7 cm³/mol. The lowest BCUT2D eigenvalue weighted by Gasteiger charge is -2.11. The summed E-state index contributed by atoms with van der Waals surface area (Å²) in [5, 5.41) is 0. The summed E-state index contributed by atoms with van der Waals surface area (Å²) in [4.78, 5) is 9.24. The number of rotatable bonds is 2. The van der Waals surface area contributed by atoms with E-state index in [1.165, 1.54) is 27.8 Å². The number of aryl methyl sites for hydroxylation is 3. The fourth-order valence-electron chi connectivity index (χ4n) is 2.24. The second kappa shape index (κ2) is 7.18. The molecule has 3 nitrogen and oxygen atoms in total. The number of hydrogen-bond donors (Lipinski definition) is 0. The fourth-order valence-corrected chi connectivity index (χ4v) is 2.24. The van der Waals surface area contributed by atoms with Gasteiger partial charge in [0, 0.05) is 6.26 Å². The van der Waals surface area contributed by atoms with Crippen molar-refractivity contribution < 1.29 is 13.2 Å². The van der Waals surface area contributed by atoms with Crippen LogP contribution in [0.3, 0.4) is 0 Å². The molecule has 0 heterocycles. The van der Waals surface area contributed by atoms with E-state index in [0.29, 0.717) is 0 Å². The Kier molecular flexibility index (Phi) is 5.85. The highest BCUT2D eigenvalue weighted by Gasteiger charge is 2.05. The molecule has 112 valence electrons. The van der Waals surface area contributed by atoms with Crippen LogP contribution in [-0.2, 0) is 14.6 Å². The molecule has 0 spiro atoms. The van der Waals surface area contributed by atoms with Gasteiger partial charge in [-0.15, -0.1) is 0 Å². The Morgan fingerprint density at radius 2 is 1.33 bits per heavy atom. The van der Waals surface area contributed by atoms with Crippen molar-refractivity contribution in [3.63, 3.8) is 0 Å². The van der Waals surface area contributed by atoms with Crippen LogP contribution >= 0.6 is 0 Å². The van der Waals surface area contributed by atoms with Gasteiger partial charge in [-0.1, -0.05) is 48.0 Å². The number of carbonyl (C=O) groups is 1. The first kappa shape index (κ1) is 17.1. The Morgan fingerprint density at radius 1 is 0.905 bits per heavy atom. The van der Waals surface area contributed by atoms with E-state index < -0.39 is 9.84 Å². The molecule has 4 heteroatoms. The summed E-state index contributed by atoms with van der Waals surface area (Å²) in [7, 11) is -3.34. The molecule has 0 aliphatic rings. The average molecular weight is 304 g/mol. The van der Waals surface area contributed by atoms with Crippen molar-refractivity contribution in [2.45, 2.75) is 20.8 Å². The summed E-state index contributed by atoms with van der Waals surface area (Å²) in [5.41, 5.74) is 6.66. The van der Waals surface area contributed by atoms with E-state index in [1.54, 1.807) is 0 Å². The van der Waals surface area contributed by atoms with Crippen molar-refractivity contribution in [3.05, 3.63) is 59.2 Å². The Hall–Kier alpha value is -1.94. The van der Waals surface area contributed by atoms with E-state index in [0.717, 1.165) is 6.26 Å². The van der Waals surface area contributed by atoms with E-state index in [9.17, 15) is 13.2 Å². The molecule has 0 aromatic heterocycles. The molecule has 2 rings (SSSR count). The molecule has 0 radical (unpaired) electrons. The van der Waals surface area contributed by atoms with Gasteiger partial charge in [0.05, 0.1) is 0 Å². The minimum absolute atomic E-state index is 0.0903. The highest BCUT2D eigenvalue weighted by molar-refractivity contribution is 8.03. The fraction of sp³-hybridized carbons (Fsp3) is 0.235. The molecule has 0 aliphatic carbocycles. The molecule has 2 aromatic rings. The largest absolute Gasteiger partial charge is 0.285 e. The SMILES string of the molecule is CS(=O)(=O)C=O.Cc1cc(C)c(-c2ccccc2)c(C)c1. The van der Waals surface area contributed by atoms with Crippen LogP contribution in [0.15, 0.2) is 42.5 Å². The van der Waals surface area contributed by atoms with Crippen LogP contribution in [-0.4, -0.2) is 20.3 Å². The molecular formula is C17H20O3S. The third kappa shape index (κ3) is 5.52. The van der Waals surface area contributed by atoms with Crippen LogP contribution in [0.25, 0.3) is 11.1 Å². The van der Waals surface area contributed by atoms with Gasteiger partial charge in [0.2, 0.25) is 15.5 Å². The van der Waals surface area contributed by atoms with Gasteiger partial charge in [-0.05, 0) is 43.0 Å². The Bertz CT molecular complexity index is 682. The van der Waals surface area contributed by atoms with E-state index in [4.69, 9.17) is 0 Å². The topological polar surface area (TPSA) is 51.2 Å². The molecule has 0 atom stereocenters. The highest BCUT2D eigenvalue weighted by Crippen LogP contribution is 2.27. The summed E-state index contributed by atoms with van der Waals surface area (Å²) in [6.07, 6.45) is 0.847. The Balaban J connectivity index is 0.000000315. The smallest absolute Gasteiger partial charge is 0.233 e. The molecular weight excluding hydrogens is 284 g/mol. The van der Waals surface area contributed by atoms with E-state index in [1.807, 2.05) is 0 Å². The van der Waals surface area contributed by atoms with Gasteiger partial charge in [-0.2, -0.15) is 0 Å². The second-order valence-electron chi connectivity index (χ2n) is 5.07. The maximum Gasteiger partial charge on any atom is 0.233 e. The van der Waals surface area contributed by atoms with Crippen LogP contribution in [0.4, 0.5) is 0 Å². The summed E-state index contributed by atoms with van der Waals surface area (Å²) in [6.45, 7) is 6.51. The zero-order valence-corrected chi connectivity index (χ0v) is 13.6. The van der Waals surface area contributed by atoms with Crippen LogP contribution < -0.4 is 0 Å². The van der Waals surface area contributed by atoms with E-state index in [2.05, 4.69) is 63.2 Å². The molecule has 0 saturated carbocycles. The summed E-state index contributed by atoms with van der Waals surface area (Å²) in [5.74, 6) is 0. The van der Waals surface area contributed by atoms with Gasteiger partial charge in [-0.25, -0.2) is 8.42 Å². The number of sulfone groups is 1. The highest BCUT2D eigenvalue weighted by atomic mass is 32.2. The van der Waals surface area contributed by atoms with Crippen LogP contribution in [0.5, 0.6) is 0 Å². The lowest BCUT2D eigenvalue weighted by atomic mass is 9.94. The lowest BCUT2D eigenvalue weighted by molar-refractivity contribution is 0.557. The lowest BCUT2D eigenvalue weighted by Crippen LogP contribution is -1.93. The maximum absolute atomic E-state index is 9.63. The van der Waals surface area contributed by atoms with Gasteiger partial charge in [0.1, 0.15) is 0 Å². The predicted octanol–water partition coefficient (Wildman–Crippen LogP) is 3.50. The molecule has 2 aromatic carbocycles. The minimum atomic E-state index is -3.34. The number of carbonyl (C=O) groups excluding carboxylic acids is 1. The van der Waals surface area contributed by atoms with Gasteiger partial charge >= 0.3 is 0 Å². The maximum atomic E-state index is 9.63. The monoisotopic (exact) mass is 304 g/mol. The molecule has 0 bridgehead atoms. The number of hydrogen-bond acceptors (Lipinski definition) is 3. The second-order valence-corrected chi connectivity index (χ2v) is 6.92. The summed E-state index contributed by atoms with van der Waals surface area (Å²) in [6, 6.07) is 15.1. The average Bonchev–Trinajstić information content (AvgIpc) is 2.38. The summed E-state index contributed by atoms with van der Waals surface area (Å²) < 4.78 is 19.3. The molecule has 0 amide bonds. The first-order valence-electron chi connectivity index (χ1n) is 6.53. The molecule has 0 aliphatic heterocycles. The summed E-state index contributed by atoms with van der Waals surface area (Å²) >= 11 is 0. The quantitative estimate of drug-likeness (QED) is 0.798. The Morgan fingerprint density at radius 3 is 1.71 bits per heavy atom. The first-order valence-corrected chi connectivity index (χ1v) is 8.48. The molecule has 0 unspecified atom stereocenters. The van der Waals surface area contributed by atoms with Crippen molar-refractivity contribution in [1.29, 1.82) is 0 Å². The number of benzene rings is 2. The van der Waals surface area contributed by atoms with E-state index in [-0.39, 0.29) is 5.62 Å². The van der Waals surface area contributed by atoms with Crippen LogP contribution in [0.2, 0.25) is 0 Å². The van der Waals surface area contributed by atoms with Gasteiger partial charge < -0.3 is 0 Å². The standard InChI is InChI=1S/C15H16.C2H4O3S/c1-11-9-12(2)15(13(3)10-11)14-7-5-4-6-8-14;1-6(4,5)2-3/h4-10H,1-3H3;2H,1H3. The third-order valence-electron chi connectivity index (χ3n) is 2.91. The van der Waals surface area contributed by atoms with Crippen molar-refractivity contribution in [2.75, 3.05) is 6.26 Å². The van der Waals surface area contributed by atoms with Gasteiger partial charge in [-0.3, -0.25) is 4.79 Å². The molecule has 0 saturated heterocycles.